The van der Waals surface area contributed by atoms with Crippen molar-refractivity contribution in [2.45, 2.75) is 113 Å². The first-order valence-electron chi connectivity index (χ1n) is 17.1. The number of pyridine rings is 1. The van der Waals surface area contributed by atoms with Crippen LogP contribution in [0.3, 0.4) is 0 Å². The third-order valence-corrected chi connectivity index (χ3v) is 9.29. The molecule has 5 amide bonds. The number of thioether (sulfide) groups is 1. The maximum absolute atomic E-state index is 13.4. The second kappa shape index (κ2) is 23.1. The van der Waals surface area contributed by atoms with E-state index in [9.17, 15) is 19.2 Å². The molecule has 0 saturated heterocycles. The summed E-state index contributed by atoms with van der Waals surface area (Å²) in [5, 5.41) is 10.9. The predicted molar refractivity (Wildman–Crippen MR) is 208 cm³/mol. The third-order valence-electron chi connectivity index (χ3n) is 7.89. The van der Waals surface area contributed by atoms with Crippen LogP contribution >= 0.6 is 11.8 Å². The Balaban J connectivity index is 0. The smallest absolute Gasteiger partial charge is 0.320 e. The lowest BCUT2D eigenvalue weighted by Crippen LogP contribution is -2.48. The number of aryl methyl sites for hydroxylation is 1. The number of amides is 5. The lowest BCUT2D eigenvalue weighted by atomic mass is 9.86. The summed E-state index contributed by atoms with van der Waals surface area (Å²) in [6, 6.07) is 1.52. The van der Waals surface area contributed by atoms with E-state index in [-0.39, 0.29) is 28.8 Å². The van der Waals surface area contributed by atoms with Gasteiger partial charge >= 0.3 is 6.03 Å². The number of likely N-dealkylation sites (N-methyl/N-ethyl adjacent to an activating group) is 1. The fourth-order valence-corrected chi connectivity index (χ4v) is 5.24. The molecule has 280 valence electrons. The minimum atomic E-state index is -0.812. The van der Waals surface area contributed by atoms with Crippen LogP contribution in [0.2, 0.25) is 0 Å². The topological polar surface area (TPSA) is 136 Å². The van der Waals surface area contributed by atoms with Gasteiger partial charge in [-0.05, 0) is 109 Å². The number of anilines is 1. The van der Waals surface area contributed by atoms with Crippen molar-refractivity contribution in [2.24, 2.45) is 5.41 Å². The highest BCUT2D eigenvalue weighted by molar-refractivity contribution is 8.07. The number of nitrogens with one attached hydrogen (secondary N) is 4. The molecule has 0 spiro atoms. The van der Waals surface area contributed by atoms with Crippen molar-refractivity contribution in [2.75, 3.05) is 46.6 Å². The predicted octanol–water partition coefficient (Wildman–Crippen LogP) is 6.37. The fourth-order valence-electron chi connectivity index (χ4n) is 3.75. The van der Waals surface area contributed by atoms with Crippen LogP contribution in [0, 0.1) is 5.41 Å². The molecule has 0 radical (unpaired) electrons. The lowest BCUT2D eigenvalue weighted by molar-refractivity contribution is -0.129. The molecule has 2 rings (SSSR count). The molecule has 0 aromatic carbocycles. The Bertz CT molecular complexity index is 1260. The molecular formula is C37H67N7O4S. The van der Waals surface area contributed by atoms with Crippen molar-refractivity contribution in [3.8, 4) is 0 Å². The highest BCUT2D eigenvalue weighted by atomic mass is 32.2. The van der Waals surface area contributed by atoms with Gasteiger partial charge < -0.3 is 31.1 Å². The van der Waals surface area contributed by atoms with Crippen molar-refractivity contribution < 1.29 is 19.2 Å². The molecule has 1 atom stereocenters. The second-order valence-corrected chi connectivity index (χ2v) is 14.7. The van der Waals surface area contributed by atoms with Crippen molar-refractivity contribution in [1.29, 1.82) is 0 Å². The van der Waals surface area contributed by atoms with Gasteiger partial charge in [-0.15, -0.1) is 0 Å². The molecule has 1 aliphatic rings. The van der Waals surface area contributed by atoms with E-state index in [0.29, 0.717) is 11.3 Å². The van der Waals surface area contributed by atoms with Gasteiger partial charge in [-0.3, -0.25) is 19.4 Å². The summed E-state index contributed by atoms with van der Waals surface area (Å²) in [4.78, 5) is 55.6. The van der Waals surface area contributed by atoms with Crippen LogP contribution in [0.15, 0.2) is 34.2 Å². The van der Waals surface area contributed by atoms with Crippen LogP contribution in [-0.4, -0.2) is 91.4 Å². The molecule has 1 aliphatic heterocycles. The zero-order valence-corrected chi connectivity index (χ0v) is 34.1. The van der Waals surface area contributed by atoms with E-state index in [1.54, 1.807) is 18.1 Å². The Morgan fingerprint density at radius 2 is 1.53 bits per heavy atom. The zero-order valence-electron chi connectivity index (χ0n) is 33.3. The van der Waals surface area contributed by atoms with E-state index in [1.165, 1.54) is 18.7 Å². The Labute approximate surface area is 301 Å². The van der Waals surface area contributed by atoms with Crippen LogP contribution in [0.1, 0.15) is 101 Å². The maximum Gasteiger partial charge on any atom is 0.320 e. The Morgan fingerprint density at radius 3 is 1.90 bits per heavy atom. The molecule has 1 aromatic rings. The molecule has 4 N–H and O–H groups in total. The first-order chi connectivity index (χ1) is 22.6. The molecule has 2 heterocycles. The molecular weight excluding hydrogens is 639 g/mol. The van der Waals surface area contributed by atoms with E-state index < -0.39 is 5.54 Å². The SMILES string of the molecule is CCN(C)C.CCNC=O.CCc1nccc(NC(=O)NC2(C)C=C(C(=O)N(C)C(C)(C)C)SC(C(C)(C)CC)=C2)c1CC.CNC(C)=O. The molecule has 12 heteroatoms. The van der Waals surface area contributed by atoms with Gasteiger partial charge in [-0.2, -0.15) is 0 Å². The largest absolute Gasteiger partial charge is 0.359 e. The summed E-state index contributed by atoms with van der Waals surface area (Å²) < 4.78 is 0. The molecule has 0 saturated carbocycles. The molecule has 0 fully saturated rings. The minimum absolute atomic E-state index is 0.00463. The number of carbonyl (C=O) groups is 4. The van der Waals surface area contributed by atoms with Gasteiger partial charge in [0.1, 0.15) is 0 Å². The zero-order chi connectivity index (χ0) is 38.6. The van der Waals surface area contributed by atoms with Gasteiger partial charge in [0.25, 0.3) is 5.91 Å². The van der Waals surface area contributed by atoms with Gasteiger partial charge in [0.2, 0.25) is 12.3 Å². The van der Waals surface area contributed by atoms with Gasteiger partial charge in [-0.1, -0.05) is 53.3 Å². The standard InChI is InChI=1S/C27H42N4O2S.C4H11N.2C3H7NO/c1-11-18-19(12-2)28-15-14-20(18)29-24(33)30-27(9)16-21(23(32)31(10)25(4,5)6)34-22(17-27)26(7,8)13-3;1-4-5(2)3;1-3(5)4-2;1-2-4-3-5/h14-17H,11-13H2,1-10H3,(H2,28,29,30,33);4H2,1-3H3;1-2H3,(H,4,5);3H,2H2,1H3,(H,4,5). The van der Waals surface area contributed by atoms with Crippen molar-refractivity contribution in [3.63, 3.8) is 0 Å². The summed E-state index contributed by atoms with van der Waals surface area (Å²) >= 11 is 1.51. The summed E-state index contributed by atoms with van der Waals surface area (Å²) in [5.74, 6) is -0.0385. The van der Waals surface area contributed by atoms with E-state index in [2.05, 4.69) is 92.9 Å². The van der Waals surface area contributed by atoms with Crippen LogP contribution < -0.4 is 21.3 Å². The molecule has 1 aromatic heterocycles. The fraction of sp³-hybridized carbons (Fsp3) is 0.649. The number of hydrogen-bond donors (Lipinski definition) is 4. The number of rotatable bonds is 10. The van der Waals surface area contributed by atoms with Crippen LogP contribution in [0.5, 0.6) is 0 Å². The highest BCUT2D eigenvalue weighted by Gasteiger charge is 2.37. The van der Waals surface area contributed by atoms with E-state index in [4.69, 9.17) is 0 Å². The minimum Gasteiger partial charge on any atom is -0.359 e. The van der Waals surface area contributed by atoms with Gasteiger partial charge in [-0.25, -0.2) is 4.79 Å². The summed E-state index contributed by atoms with van der Waals surface area (Å²) in [5.41, 5.74) is 1.56. The van der Waals surface area contributed by atoms with Crippen molar-refractivity contribution in [1.82, 2.24) is 30.7 Å². The molecule has 0 aliphatic carbocycles. The highest BCUT2D eigenvalue weighted by Crippen LogP contribution is 2.46. The van der Waals surface area contributed by atoms with Gasteiger partial charge in [0.05, 0.1) is 10.4 Å². The average molecular weight is 706 g/mol. The molecule has 0 bridgehead atoms. The Morgan fingerprint density at radius 1 is 0.980 bits per heavy atom. The second-order valence-electron chi connectivity index (χ2n) is 13.6. The molecule has 49 heavy (non-hydrogen) atoms. The third kappa shape index (κ3) is 18.3. The molecule has 11 nitrogen and oxygen atoms in total. The lowest BCUT2D eigenvalue weighted by Gasteiger charge is -2.38. The quantitative estimate of drug-likeness (QED) is 0.208. The van der Waals surface area contributed by atoms with Gasteiger partial charge in [0.15, 0.2) is 0 Å². The van der Waals surface area contributed by atoms with E-state index in [1.807, 2.05) is 53.8 Å². The summed E-state index contributed by atoms with van der Waals surface area (Å²) in [7, 11) is 7.54. The first-order valence-corrected chi connectivity index (χ1v) is 17.9. The number of aromatic nitrogens is 1. The molecule has 1 unspecified atom stereocenters. The first kappa shape index (κ1) is 47.7. The normalized spacial score (nSPS) is 15.3. The van der Waals surface area contributed by atoms with Gasteiger partial charge in [0, 0.05) is 50.7 Å². The Hall–Kier alpha value is -3.38. The van der Waals surface area contributed by atoms with E-state index >= 15 is 0 Å². The number of nitrogens with zero attached hydrogens (tertiary/aromatic N) is 3. The monoisotopic (exact) mass is 705 g/mol. The number of hydrogen-bond acceptors (Lipinski definition) is 7. The van der Waals surface area contributed by atoms with Crippen LogP contribution in [0.25, 0.3) is 0 Å². The summed E-state index contributed by atoms with van der Waals surface area (Å²) in [6.45, 7) is 25.9. The van der Waals surface area contributed by atoms with Crippen molar-refractivity contribution in [3.05, 3.63) is 45.5 Å². The number of urea groups is 1. The average Bonchev–Trinajstić information content (AvgIpc) is 3.03. The van der Waals surface area contributed by atoms with Crippen LogP contribution in [0.4, 0.5) is 10.5 Å². The maximum atomic E-state index is 13.4. The number of allylic oxidation sites excluding steroid dienone is 1. The van der Waals surface area contributed by atoms with E-state index in [0.717, 1.165) is 54.2 Å². The van der Waals surface area contributed by atoms with Crippen molar-refractivity contribution >= 4 is 41.7 Å². The Kier molecular flexibility index (Phi) is 22.5. The number of carbonyl (C=O) groups excluding carboxylic acids is 4. The van der Waals surface area contributed by atoms with Crippen LogP contribution in [-0.2, 0) is 27.2 Å². The summed E-state index contributed by atoms with van der Waals surface area (Å²) in [6.07, 6.45) is 8.88.